The number of hydrogen-bond donors (Lipinski definition) is 0. The fourth-order valence-electron chi connectivity index (χ4n) is 3.34. The summed E-state index contributed by atoms with van der Waals surface area (Å²) in [5.74, 6) is 0.599. The molecule has 0 bridgehead atoms. The summed E-state index contributed by atoms with van der Waals surface area (Å²) in [6.45, 7) is 0. The zero-order chi connectivity index (χ0) is 16.3. The Balaban J connectivity index is 1.78. The van der Waals surface area contributed by atoms with Gasteiger partial charge >= 0.3 is 0 Å². The van der Waals surface area contributed by atoms with Crippen molar-refractivity contribution in [2.24, 2.45) is 0 Å². The van der Waals surface area contributed by atoms with Crippen LogP contribution in [0.4, 0.5) is 0 Å². The Bertz CT molecular complexity index is 1100. The Morgan fingerprint density at radius 1 is 1.12 bits per heavy atom. The standard InChI is InChI=1S/C17H12Cl2N4S/c18-9-5-6-10(12(19)7-9)15-21-16-14-11-3-1-2-4-13(11)24-17(14)20-8-23(16)22-15/h5-8H,1-4H2. The minimum Gasteiger partial charge on any atom is -0.225 e. The van der Waals surface area contributed by atoms with Gasteiger partial charge in [-0.05, 0) is 49.4 Å². The molecule has 3 heterocycles. The molecular weight excluding hydrogens is 363 g/mol. The van der Waals surface area contributed by atoms with Gasteiger partial charge in [-0.25, -0.2) is 14.5 Å². The summed E-state index contributed by atoms with van der Waals surface area (Å²) in [5, 5.41) is 6.88. The van der Waals surface area contributed by atoms with E-state index in [1.54, 1.807) is 34.3 Å². The van der Waals surface area contributed by atoms with Crippen LogP contribution in [0.5, 0.6) is 0 Å². The van der Waals surface area contributed by atoms with Crippen LogP contribution < -0.4 is 0 Å². The second kappa shape index (κ2) is 5.41. The second-order valence-corrected chi connectivity index (χ2v) is 7.89. The number of aryl methyl sites for hydroxylation is 2. The molecule has 24 heavy (non-hydrogen) atoms. The summed E-state index contributed by atoms with van der Waals surface area (Å²) in [4.78, 5) is 11.9. The molecule has 7 heteroatoms. The van der Waals surface area contributed by atoms with Crippen LogP contribution in [-0.4, -0.2) is 19.6 Å². The van der Waals surface area contributed by atoms with Crippen LogP contribution in [0.3, 0.4) is 0 Å². The molecule has 4 aromatic rings. The van der Waals surface area contributed by atoms with Gasteiger partial charge in [-0.3, -0.25) is 0 Å². The van der Waals surface area contributed by atoms with Gasteiger partial charge in [0, 0.05) is 15.5 Å². The van der Waals surface area contributed by atoms with E-state index in [1.807, 2.05) is 6.07 Å². The van der Waals surface area contributed by atoms with E-state index >= 15 is 0 Å². The molecule has 0 saturated heterocycles. The minimum atomic E-state index is 0.551. The lowest BCUT2D eigenvalue weighted by Crippen LogP contribution is -1.99. The molecule has 5 rings (SSSR count). The monoisotopic (exact) mass is 374 g/mol. The van der Waals surface area contributed by atoms with E-state index < -0.39 is 0 Å². The average molecular weight is 375 g/mol. The molecule has 3 aromatic heterocycles. The zero-order valence-electron chi connectivity index (χ0n) is 12.6. The van der Waals surface area contributed by atoms with Gasteiger partial charge < -0.3 is 0 Å². The first-order chi connectivity index (χ1) is 11.7. The van der Waals surface area contributed by atoms with E-state index in [2.05, 4.69) is 10.1 Å². The van der Waals surface area contributed by atoms with Crippen molar-refractivity contribution in [3.63, 3.8) is 0 Å². The van der Waals surface area contributed by atoms with E-state index in [9.17, 15) is 0 Å². The average Bonchev–Trinajstić information content (AvgIpc) is 3.14. The maximum atomic E-state index is 6.32. The van der Waals surface area contributed by atoms with Crippen LogP contribution in [0.2, 0.25) is 10.0 Å². The van der Waals surface area contributed by atoms with Crippen LogP contribution in [0.25, 0.3) is 27.3 Å². The zero-order valence-corrected chi connectivity index (χ0v) is 14.9. The molecule has 0 N–H and O–H groups in total. The molecule has 4 nitrogen and oxygen atoms in total. The van der Waals surface area contributed by atoms with Crippen molar-refractivity contribution in [2.75, 3.05) is 0 Å². The van der Waals surface area contributed by atoms with Crippen LogP contribution in [0, 0.1) is 0 Å². The van der Waals surface area contributed by atoms with Crippen LogP contribution in [0.15, 0.2) is 24.5 Å². The molecular formula is C17H12Cl2N4S. The summed E-state index contributed by atoms with van der Waals surface area (Å²) in [6, 6.07) is 5.37. The fraction of sp³-hybridized carbons (Fsp3) is 0.235. The lowest BCUT2D eigenvalue weighted by atomic mass is 9.97. The van der Waals surface area contributed by atoms with Gasteiger partial charge in [0.25, 0.3) is 0 Å². The second-order valence-electron chi connectivity index (χ2n) is 5.96. The summed E-state index contributed by atoms with van der Waals surface area (Å²) >= 11 is 14.1. The van der Waals surface area contributed by atoms with E-state index in [0.717, 1.165) is 34.3 Å². The van der Waals surface area contributed by atoms with Gasteiger partial charge in [0.1, 0.15) is 11.2 Å². The molecule has 0 radical (unpaired) electrons. The van der Waals surface area contributed by atoms with E-state index in [0.29, 0.717) is 15.9 Å². The van der Waals surface area contributed by atoms with Crippen molar-refractivity contribution in [1.82, 2.24) is 19.6 Å². The number of hydrogen-bond acceptors (Lipinski definition) is 4. The largest absolute Gasteiger partial charge is 0.225 e. The van der Waals surface area contributed by atoms with Gasteiger partial charge in [0.05, 0.1) is 10.4 Å². The Labute approximate surface area is 152 Å². The highest BCUT2D eigenvalue weighted by atomic mass is 35.5. The van der Waals surface area contributed by atoms with Crippen LogP contribution >= 0.6 is 34.5 Å². The minimum absolute atomic E-state index is 0.551. The predicted molar refractivity (Wildman–Crippen MR) is 98.3 cm³/mol. The molecule has 1 aromatic carbocycles. The first-order valence-corrected chi connectivity index (χ1v) is 9.39. The Kier molecular flexibility index (Phi) is 3.30. The lowest BCUT2D eigenvalue weighted by Gasteiger charge is -2.09. The maximum absolute atomic E-state index is 6.32. The van der Waals surface area contributed by atoms with Crippen molar-refractivity contribution >= 4 is 50.4 Å². The van der Waals surface area contributed by atoms with Gasteiger partial charge in [-0.15, -0.1) is 16.4 Å². The number of nitrogens with zero attached hydrogens (tertiary/aromatic N) is 4. The first-order valence-electron chi connectivity index (χ1n) is 7.82. The number of benzene rings is 1. The first kappa shape index (κ1) is 14.6. The Morgan fingerprint density at radius 3 is 2.88 bits per heavy atom. The van der Waals surface area contributed by atoms with E-state index in [4.69, 9.17) is 28.2 Å². The summed E-state index contributed by atoms with van der Waals surface area (Å²) in [5.41, 5.74) is 3.04. The topological polar surface area (TPSA) is 43.1 Å². The third-order valence-electron chi connectivity index (χ3n) is 4.46. The highest BCUT2D eigenvalue weighted by molar-refractivity contribution is 7.19. The number of fused-ring (bicyclic) bond motifs is 5. The summed E-state index contributed by atoms with van der Waals surface area (Å²) in [6.07, 6.45) is 6.46. The van der Waals surface area contributed by atoms with Crippen molar-refractivity contribution in [3.8, 4) is 11.4 Å². The van der Waals surface area contributed by atoms with Crippen LogP contribution in [-0.2, 0) is 12.8 Å². The molecule has 1 aliphatic carbocycles. The Hall–Kier alpha value is -1.69. The Morgan fingerprint density at radius 2 is 2.00 bits per heavy atom. The number of aromatic nitrogens is 4. The van der Waals surface area contributed by atoms with Gasteiger partial charge in [0.2, 0.25) is 0 Å². The van der Waals surface area contributed by atoms with Gasteiger partial charge in [-0.1, -0.05) is 23.2 Å². The SMILES string of the molecule is Clc1ccc(-c2nc3c4c5c(sc4ncn3n2)CCCC5)c(Cl)c1. The van der Waals surface area contributed by atoms with Crippen molar-refractivity contribution < 1.29 is 0 Å². The van der Waals surface area contributed by atoms with Crippen molar-refractivity contribution in [2.45, 2.75) is 25.7 Å². The van der Waals surface area contributed by atoms with E-state index in [-0.39, 0.29) is 0 Å². The van der Waals surface area contributed by atoms with Crippen LogP contribution in [0.1, 0.15) is 23.3 Å². The number of rotatable bonds is 1. The summed E-state index contributed by atoms with van der Waals surface area (Å²) in [7, 11) is 0. The highest BCUT2D eigenvalue weighted by Gasteiger charge is 2.21. The number of halogens is 2. The fourth-order valence-corrected chi connectivity index (χ4v) is 5.06. The molecule has 1 aliphatic rings. The quantitative estimate of drug-likeness (QED) is 0.460. The van der Waals surface area contributed by atoms with Gasteiger partial charge in [-0.2, -0.15) is 0 Å². The maximum Gasteiger partial charge on any atom is 0.183 e. The van der Waals surface area contributed by atoms with Gasteiger partial charge in [0.15, 0.2) is 11.5 Å². The third-order valence-corrected chi connectivity index (χ3v) is 6.21. The molecule has 0 spiro atoms. The smallest absolute Gasteiger partial charge is 0.183 e. The van der Waals surface area contributed by atoms with Crippen molar-refractivity contribution in [3.05, 3.63) is 45.0 Å². The predicted octanol–water partition coefficient (Wildman–Crippen LogP) is 5.19. The molecule has 0 fully saturated rings. The normalized spacial score (nSPS) is 14.4. The molecule has 120 valence electrons. The number of thiophene rings is 1. The van der Waals surface area contributed by atoms with E-state index in [1.165, 1.54) is 23.3 Å². The lowest BCUT2D eigenvalue weighted by molar-refractivity contribution is 0.700. The molecule has 0 amide bonds. The molecule has 0 unspecified atom stereocenters. The highest BCUT2D eigenvalue weighted by Crippen LogP contribution is 2.37. The molecule has 0 saturated carbocycles. The third kappa shape index (κ3) is 2.15. The summed E-state index contributed by atoms with van der Waals surface area (Å²) < 4.78 is 1.75. The van der Waals surface area contributed by atoms with Crippen molar-refractivity contribution in [1.29, 1.82) is 0 Å². The molecule has 0 aliphatic heterocycles. The molecule has 0 atom stereocenters.